The molecule has 0 aromatic heterocycles. The molecule has 7 heteroatoms. The van der Waals surface area contributed by atoms with Gasteiger partial charge in [0, 0.05) is 31.9 Å². The zero-order valence-electron chi connectivity index (χ0n) is 17.4. The van der Waals surface area contributed by atoms with Crippen molar-refractivity contribution in [3.05, 3.63) is 64.9 Å². The van der Waals surface area contributed by atoms with Gasteiger partial charge < -0.3 is 10.2 Å². The number of hydrogen-bond donors (Lipinski definition) is 1. The minimum atomic E-state index is -0.373. The van der Waals surface area contributed by atoms with E-state index < -0.39 is 0 Å². The van der Waals surface area contributed by atoms with Gasteiger partial charge in [-0.05, 0) is 49.1 Å². The molecule has 2 aliphatic rings. The predicted molar refractivity (Wildman–Crippen MR) is 120 cm³/mol. The van der Waals surface area contributed by atoms with Gasteiger partial charge in [0.25, 0.3) is 5.91 Å². The lowest BCUT2D eigenvalue weighted by Crippen LogP contribution is -2.57. The summed E-state index contributed by atoms with van der Waals surface area (Å²) in [6, 6.07) is 12.8. The Morgan fingerprint density at radius 1 is 1.00 bits per heavy atom. The van der Waals surface area contributed by atoms with Crippen molar-refractivity contribution >= 4 is 29.1 Å². The average molecular weight is 444 g/mol. The zero-order valence-corrected chi connectivity index (χ0v) is 18.2. The van der Waals surface area contributed by atoms with Gasteiger partial charge in [-0.1, -0.05) is 42.6 Å². The first kappa shape index (κ1) is 21.8. The second-order valence-electron chi connectivity index (χ2n) is 8.30. The Labute approximate surface area is 187 Å². The summed E-state index contributed by atoms with van der Waals surface area (Å²) in [5.41, 5.74) is 0.981. The van der Waals surface area contributed by atoms with Crippen molar-refractivity contribution in [2.24, 2.45) is 5.92 Å². The second kappa shape index (κ2) is 9.79. The first-order valence-electron chi connectivity index (χ1n) is 10.9. The van der Waals surface area contributed by atoms with Crippen molar-refractivity contribution in [1.82, 2.24) is 9.80 Å². The lowest BCUT2D eigenvalue weighted by molar-refractivity contribution is -0.123. The second-order valence-corrected chi connectivity index (χ2v) is 8.70. The van der Waals surface area contributed by atoms with E-state index in [4.69, 9.17) is 11.6 Å². The standard InChI is InChI=1S/C24H27ClFN3O2/c25-21-11-4-3-10-20(21)24(31)29-14-12-28(13-15-29)22(17-6-1-2-7-17)23(30)27-19-9-5-8-18(26)16-19/h3-5,8-11,16-17,22H,1-2,6-7,12-15H2,(H,27,30). The van der Waals surface area contributed by atoms with Crippen LogP contribution in [0.2, 0.25) is 5.02 Å². The highest BCUT2D eigenvalue weighted by molar-refractivity contribution is 6.33. The van der Waals surface area contributed by atoms with Crippen LogP contribution in [0.1, 0.15) is 36.0 Å². The van der Waals surface area contributed by atoms with Gasteiger partial charge in [0.15, 0.2) is 0 Å². The van der Waals surface area contributed by atoms with Gasteiger partial charge in [-0.2, -0.15) is 0 Å². The smallest absolute Gasteiger partial charge is 0.255 e. The molecule has 31 heavy (non-hydrogen) atoms. The van der Waals surface area contributed by atoms with Gasteiger partial charge in [0.05, 0.1) is 16.6 Å². The quantitative estimate of drug-likeness (QED) is 0.743. The molecule has 2 amide bonds. The third kappa shape index (κ3) is 5.08. The van der Waals surface area contributed by atoms with Crippen LogP contribution in [0.5, 0.6) is 0 Å². The lowest BCUT2D eigenvalue weighted by Gasteiger charge is -2.40. The molecule has 5 nitrogen and oxygen atoms in total. The first-order chi connectivity index (χ1) is 15.0. The summed E-state index contributed by atoms with van der Waals surface area (Å²) in [4.78, 5) is 30.1. The minimum Gasteiger partial charge on any atom is -0.336 e. The molecule has 164 valence electrons. The van der Waals surface area contributed by atoms with E-state index in [1.54, 1.807) is 35.2 Å². The van der Waals surface area contributed by atoms with Gasteiger partial charge in [0.2, 0.25) is 5.91 Å². The van der Waals surface area contributed by atoms with Crippen LogP contribution in [0.3, 0.4) is 0 Å². The molecule has 1 heterocycles. The molecule has 1 saturated heterocycles. The normalized spacial score (nSPS) is 18.7. The van der Waals surface area contributed by atoms with Crippen LogP contribution < -0.4 is 5.32 Å². The summed E-state index contributed by atoms with van der Waals surface area (Å²) in [6.07, 6.45) is 4.28. The molecule has 1 saturated carbocycles. The Hall–Kier alpha value is -2.44. The van der Waals surface area contributed by atoms with Gasteiger partial charge in [-0.3, -0.25) is 14.5 Å². The number of rotatable bonds is 5. The maximum Gasteiger partial charge on any atom is 0.255 e. The number of carbonyl (C=O) groups excluding carboxylic acids is 2. The molecule has 0 bridgehead atoms. The molecule has 1 atom stereocenters. The molecular formula is C24H27ClFN3O2. The van der Waals surface area contributed by atoms with Crippen molar-refractivity contribution in [2.75, 3.05) is 31.5 Å². The van der Waals surface area contributed by atoms with Crippen molar-refractivity contribution in [2.45, 2.75) is 31.7 Å². The molecule has 4 rings (SSSR count). The molecule has 2 aromatic rings. The van der Waals surface area contributed by atoms with E-state index in [9.17, 15) is 14.0 Å². The number of hydrogen-bond acceptors (Lipinski definition) is 3. The van der Waals surface area contributed by atoms with Crippen LogP contribution in [-0.2, 0) is 4.79 Å². The number of amides is 2. The van der Waals surface area contributed by atoms with Crippen LogP contribution in [0, 0.1) is 11.7 Å². The van der Waals surface area contributed by atoms with E-state index in [0.29, 0.717) is 42.5 Å². The van der Waals surface area contributed by atoms with E-state index >= 15 is 0 Å². The third-order valence-electron chi connectivity index (χ3n) is 6.31. The molecular weight excluding hydrogens is 417 g/mol. The highest BCUT2D eigenvalue weighted by Gasteiger charge is 2.37. The summed E-state index contributed by atoms with van der Waals surface area (Å²) in [7, 11) is 0. The minimum absolute atomic E-state index is 0.0770. The van der Waals surface area contributed by atoms with E-state index in [-0.39, 0.29) is 29.6 Å². The van der Waals surface area contributed by atoms with E-state index in [2.05, 4.69) is 10.2 Å². The van der Waals surface area contributed by atoms with E-state index in [1.165, 1.54) is 12.1 Å². The number of benzene rings is 2. The number of halogens is 2. The van der Waals surface area contributed by atoms with Crippen molar-refractivity contribution in [3.63, 3.8) is 0 Å². The summed E-state index contributed by atoms with van der Waals surface area (Å²) in [5, 5.41) is 3.36. The Kier molecular flexibility index (Phi) is 6.88. The number of nitrogens with zero attached hydrogens (tertiary/aromatic N) is 2. The van der Waals surface area contributed by atoms with Gasteiger partial charge >= 0.3 is 0 Å². The zero-order chi connectivity index (χ0) is 21.8. The molecule has 2 fully saturated rings. The fraction of sp³-hybridized carbons (Fsp3) is 0.417. The summed E-state index contributed by atoms with van der Waals surface area (Å²) in [6.45, 7) is 2.32. The summed E-state index contributed by atoms with van der Waals surface area (Å²) < 4.78 is 13.6. The fourth-order valence-corrected chi connectivity index (χ4v) is 4.96. The molecule has 1 aliphatic carbocycles. The van der Waals surface area contributed by atoms with Gasteiger partial charge in [-0.15, -0.1) is 0 Å². The van der Waals surface area contributed by atoms with Crippen LogP contribution in [0.25, 0.3) is 0 Å². The Morgan fingerprint density at radius 2 is 1.71 bits per heavy atom. The summed E-state index contributed by atoms with van der Waals surface area (Å²) in [5.74, 6) is -0.267. The Bertz CT molecular complexity index is 940. The average Bonchev–Trinajstić information content (AvgIpc) is 3.28. The predicted octanol–water partition coefficient (Wildman–Crippen LogP) is 4.43. The topological polar surface area (TPSA) is 52.7 Å². The largest absolute Gasteiger partial charge is 0.336 e. The number of nitrogens with one attached hydrogen (secondary N) is 1. The number of anilines is 1. The van der Waals surface area contributed by atoms with E-state index in [1.807, 2.05) is 6.07 Å². The third-order valence-corrected chi connectivity index (χ3v) is 6.64. The van der Waals surface area contributed by atoms with E-state index in [0.717, 1.165) is 25.7 Å². The van der Waals surface area contributed by atoms with Crippen LogP contribution in [0.15, 0.2) is 48.5 Å². The molecule has 1 aliphatic heterocycles. The lowest BCUT2D eigenvalue weighted by atomic mass is 9.94. The summed E-state index contributed by atoms with van der Waals surface area (Å²) >= 11 is 6.20. The molecule has 2 aromatic carbocycles. The van der Waals surface area contributed by atoms with Gasteiger partial charge in [0.1, 0.15) is 5.82 Å². The maximum atomic E-state index is 13.6. The van der Waals surface area contributed by atoms with Crippen molar-refractivity contribution < 1.29 is 14.0 Å². The maximum absolute atomic E-state index is 13.6. The van der Waals surface area contributed by atoms with Crippen molar-refractivity contribution in [1.29, 1.82) is 0 Å². The number of carbonyl (C=O) groups is 2. The SMILES string of the molecule is O=C(Nc1cccc(F)c1)C(C1CCCC1)N1CCN(C(=O)c2ccccc2Cl)CC1. The molecule has 1 N–H and O–H groups in total. The first-order valence-corrected chi connectivity index (χ1v) is 11.2. The monoisotopic (exact) mass is 443 g/mol. The van der Waals surface area contributed by atoms with Crippen LogP contribution in [-0.4, -0.2) is 53.8 Å². The molecule has 1 unspecified atom stereocenters. The highest BCUT2D eigenvalue weighted by atomic mass is 35.5. The van der Waals surface area contributed by atoms with Crippen LogP contribution >= 0.6 is 11.6 Å². The fourth-order valence-electron chi connectivity index (χ4n) is 4.74. The molecule has 0 radical (unpaired) electrons. The number of piperazine rings is 1. The van der Waals surface area contributed by atoms with Crippen LogP contribution in [0.4, 0.5) is 10.1 Å². The highest BCUT2D eigenvalue weighted by Crippen LogP contribution is 2.32. The van der Waals surface area contributed by atoms with Crippen molar-refractivity contribution in [3.8, 4) is 0 Å². The van der Waals surface area contributed by atoms with Gasteiger partial charge in [-0.25, -0.2) is 4.39 Å². The Morgan fingerprint density at radius 3 is 2.39 bits per heavy atom. The Balaban J connectivity index is 1.44. The molecule has 0 spiro atoms.